The molecule has 2 N–H and O–H groups in total. The van der Waals surface area contributed by atoms with Gasteiger partial charge >= 0.3 is 6.18 Å². The minimum Gasteiger partial charge on any atom is -0.316 e. The average Bonchev–Trinajstić information content (AvgIpc) is 2.16. The van der Waals surface area contributed by atoms with Crippen LogP contribution in [0.5, 0.6) is 0 Å². The number of alkyl halides is 3. The topological polar surface area (TPSA) is 47.9 Å². The summed E-state index contributed by atoms with van der Waals surface area (Å²) in [6.07, 6.45) is -3.87. The van der Waals surface area contributed by atoms with Crippen molar-refractivity contribution in [3.05, 3.63) is 0 Å². The normalized spacial score (nSPS) is 32.3. The number of rotatable bonds is 2. The second-order valence-electron chi connectivity index (χ2n) is 3.91. The Hall–Kier alpha value is -0.800. The molecule has 1 saturated heterocycles. The molecule has 1 rings (SSSR count). The van der Waals surface area contributed by atoms with Crippen LogP contribution in [0.4, 0.5) is 13.2 Å². The summed E-state index contributed by atoms with van der Waals surface area (Å²) in [6.45, 7) is 1.81. The molecule has 0 aromatic carbocycles. The zero-order chi connectivity index (χ0) is 11.5. The quantitative estimate of drug-likeness (QED) is 0.732. The third kappa shape index (κ3) is 3.08. The molecule has 0 radical (unpaired) electrons. The number of piperidine rings is 1. The van der Waals surface area contributed by atoms with E-state index in [9.17, 15) is 13.2 Å². The van der Waals surface area contributed by atoms with Crippen LogP contribution in [0.1, 0.15) is 13.3 Å². The van der Waals surface area contributed by atoms with Crippen LogP contribution in [0.2, 0.25) is 0 Å². The van der Waals surface area contributed by atoms with Crippen molar-refractivity contribution in [1.29, 1.82) is 5.26 Å². The van der Waals surface area contributed by atoms with Crippen LogP contribution >= 0.6 is 0 Å². The molecule has 0 bridgehead atoms. The minimum absolute atomic E-state index is 0.126. The Labute approximate surface area is 86.6 Å². The Morgan fingerprint density at radius 1 is 1.60 bits per heavy atom. The lowest BCUT2D eigenvalue weighted by molar-refractivity contribution is -0.129. The fraction of sp³-hybridized carbons (Fsp3) is 0.889. The first-order valence-corrected chi connectivity index (χ1v) is 4.83. The van der Waals surface area contributed by atoms with Crippen molar-refractivity contribution in [2.75, 3.05) is 19.6 Å². The predicted octanol–water partition coefficient (Wildman–Crippen LogP) is 1.03. The first-order chi connectivity index (χ1) is 6.90. The molecule has 2 unspecified atom stereocenters. The highest BCUT2D eigenvalue weighted by atomic mass is 19.4. The number of hydrogen-bond acceptors (Lipinski definition) is 3. The molecule has 86 valence electrons. The second kappa shape index (κ2) is 4.37. The van der Waals surface area contributed by atoms with E-state index in [0.29, 0.717) is 19.5 Å². The largest absolute Gasteiger partial charge is 0.401 e. The third-order valence-corrected chi connectivity index (χ3v) is 2.79. The third-order valence-electron chi connectivity index (χ3n) is 2.79. The Balaban J connectivity index is 2.64. The van der Waals surface area contributed by atoms with Gasteiger partial charge in [0.15, 0.2) is 0 Å². The molecule has 3 nitrogen and oxygen atoms in total. The van der Waals surface area contributed by atoms with E-state index in [4.69, 9.17) is 5.26 Å². The second-order valence-corrected chi connectivity index (χ2v) is 3.91. The van der Waals surface area contributed by atoms with Crippen LogP contribution in [-0.2, 0) is 0 Å². The van der Waals surface area contributed by atoms with Crippen molar-refractivity contribution in [3.8, 4) is 6.07 Å². The SMILES string of the molecule is CC1CNCCC1(C#N)NCC(F)(F)F. The molecule has 0 spiro atoms. The zero-order valence-electron chi connectivity index (χ0n) is 8.49. The summed E-state index contributed by atoms with van der Waals surface area (Å²) >= 11 is 0. The van der Waals surface area contributed by atoms with Gasteiger partial charge in [-0.3, -0.25) is 5.32 Å². The van der Waals surface area contributed by atoms with Crippen molar-refractivity contribution in [2.45, 2.75) is 25.1 Å². The molecule has 0 aromatic rings. The summed E-state index contributed by atoms with van der Waals surface area (Å²) in [6, 6.07) is 1.99. The first kappa shape index (κ1) is 12.3. The lowest BCUT2D eigenvalue weighted by Gasteiger charge is -2.38. The van der Waals surface area contributed by atoms with E-state index >= 15 is 0 Å². The molecule has 1 fully saturated rings. The fourth-order valence-corrected chi connectivity index (χ4v) is 1.75. The monoisotopic (exact) mass is 221 g/mol. The summed E-state index contributed by atoms with van der Waals surface area (Å²) in [7, 11) is 0. The molecule has 1 aliphatic heterocycles. The number of nitriles is 1. The molecule has 6 heteroatoms. The summed E-state index contributed by atoms with van der Waals surface area (Å²) in [5, 5.41) is 14.4. The lowest BCUT2D eigenvalue weighted by Crippen LogP contribution is -2.58. The smallest absolute Gasteiger partial charge is 0.316 e. The van der Waals surface area contributed by atoms with Crippen molar-refractivity contribution in [3.63, 3.8) is 0 Å². The van der Waals surface area contributed by atoms with Gasteiger partial charge in [0.05, 0.1) is 12.6 Å². The van der Waals surface area contributed by atoms with E-state index in [1.807, 2.05) is 6.07 Å². The molecule has 2 atom stereocenters. The predicted molar refractivity (Wildman–Crippen MR) is 49.1 cm³/mol. The molecule has 15 heavy (non-hydrogen) atoms. The van der Waals surface area contributed by atoms with Crippen LogP contribution in [-0.4, -0.2) is 31.3 Å². The van der Waals surface area contributed by atoms with Gasteiger partial charge in [-0.05, 0) is 13.0 Å². The van der Waals surface area contributed by atoms with Crippen molar-refractivity contribution in [1.82, 2.24) is 10.6 Å². The van der Waals surface area contributed by atoms with E-state index in [1.165, 1.54) is 0 Å². The van der Waals surface area contributed by atoms with E-state index in [-0.39, 0.29) is 5.92 Å². The number of hydrogen-bond donors (Lipinski definition) is 2. The van der Waals surface area contributed by atoms with E-state index < -0.39 is 18.3 Å². The Kier molecular flexibility index (Phi) is 3.58. The molecule has 0 aromatic heterocycles. The zero-order valence-corrected chi connectivity index (χ0v) is 8.49. The van der Waals surface area contributed by atoms with Crippen LogP contribution in [0.15, 0.2) is 0 Å². The fourth-order valence-electron chi connectivity index (χ4n) is 1.75. The van der Waals surface area contributed by atoms with Gasteiger partial charge < -0.3 is 5.32 Å². The van der Waals surface area contributed by atoms with Crippen molar-refractivity contribution >= 4 is 0 Å². The highest BCUT2D eigenvalue weighted by Crippen LogP contribution is 2.25. The van der Waals surface area contributed by atoms with Crippen LogP contribution in [0.25, 0.3) is 0 Å². The average molecular weight is 221 g/mol. The van der Waals surface area contributed by atoms with Gasteiger partial charge in [-0.1, -0.05) is 6.92 Å². The highest BCUT2D eigenvalue weighted by Gasteiger charge is 2.41. The maximum absolute atomic E-state index is 12.1. The van der Waals surface area contributed by atoms with E-state index in [1.54, 1.807) is 6.92 Å². The van der Waals surface area contributed by atoms with Crippen LogP contribution in [0, 0.1) is 17.2 Å². The summed E-state index contributed by atoms with van der Waals surface area (Å²) in [4.78, 5) is 0. The summed E-state index contributed by atoms with van der Waals surface area (Å²) in [5.74, 6) is -0.126. The summed E-state index contributed by atoms with van der Waals surface area (Å²) in [5.41, 5.74) is -1.04. The van der Waals surface area contributed by atoms with Gasteiger partial charge in [0.1, 0.15) is 5.54 Å². The molecule has 0 amide bonds. The maximum atomic E-state index is 12.1. The van der Waals surface area contributed by atoms with E-state index in [2.05, 4.69) is 10.6 Å². The van der Waals surface area contributed by atoms with E-state index in [0.717, 1.165) is 0 Å². The highest BCUT2D eigenvalue weighted by molar-refractivity contribution is 5.12. The molecule has 0 aliphatic carbocycles. The molecule has 1 heterocycles. The van der Waals surface area contributed by atoms with Crippen molar-refractivity contribution in [2.24, 2.45) is 5.92 Å². The van der Waals surface area contributed by atoms with Crippen molar-refractivity contribution < 1.29 is 13.2 Å². The number of halogens is 3. The van der Waals surface area contributed by atoms with Crippen LogP contribution in [0.3, 0.4) is 0 Å². The van der Waals surface area contributed by atoms with Gasteiger partial charge in [0, 0.05) is 12.5 Å². The van der Waals surface area contributed by atoms with Gasteiger partial charge in [0.2, 0.25) is 0 Å². The molecular formula is C9H14F3N3. The lowest BCUT2D eigenvalue weighted by atomic mass is 9.80. The Morgan fingerprint density at radius 3 is 2.73 bits per heavy atom. The molecule has 1 aliphatic rings. The minimum atomic E-state index is -4.27. The Morgan fingerprint density at radius 2 is 2.27 bits per heavy atom. The molecular weight excluding hydrogens is 207 g/mol. The van der Waals surface area contributed by atoms with Gasteiger partial charge in [0.25, 0.3) is 0 Å². The van der Waals surface area contributed by atoms with Crippen LogP contribution < -0.4 is 10.6 Å². The first-order valence-electron chi connectivity index (χ1n) is 4.83. The summed E-state index contributed by atoms with van der Waals surface area (Å²) < 4.78 is 36.2. The number of nitrogens with zero attached hydrogens (tertiary/aromatic N) is 1. The number of nitrogens with one attached hydrogen (secondary N) is 2. The Bertz CT molecular complexity index is 258. The maximum Gasteiger partial charge on any atom is 0.401 e. The standard InChI is InChI=1S/C9H14F3N3/c1-7-4-14-3-2-8(7,5-13)15-6-9(10,11)12/h7,14-15H,2-4,6H2,1H3. The van der Waals surface area contributed by atoms with Gasteiger partial charge in [-0.2, -0.15) is 18.4 Å². The van der Waals surface area contributed by atoms with Gasteiger partial charge in [-0.15, -0.1) is 0 Å². The van der Waals surface area contributed by atoms with Gasteiger partial charge in [-0.25, -0.2) is 0 Å². The molecule has 0 saturated carbocycles.